The van der Waals surface area contributed by atoms with Crippen molar-refractivity contribution in [2.75, 3.05) is 31.2 Å². The Bertz CT molecular complexity index is 660. The van der Waals surface area contributed by atoms with Crippen molar-refractivity contribution >= 4 is 21.2 Å². The van der Waals surface area contributed by atoms with E-state index in [1.807, 2.05) is 0 Å². The molecule has 0 saturated carbocycles. The van der Waals surface area contributed by atoms with Crippen LogP contribution in [0.25, 0.3) is 0 Å². The lowest BCUT2D eigenvalue weighted by molar-refractivity contribution is -0.908. The highest BCUT2D eigenvalue weighted by Gasteiger charge is 2.27. The van der Waals surface area contributed by atoms with E-state index in [0.717, 1.165) is 31.8 Å². The van der Waals surface area contributed by atoms with Gasteiger partial charge in [0, 0.05) is 25.2 Å². The molecular weight excluding hydrogens is 306 g/mol. The molecule has 22 heavy (non-hydrogen) atoms. The second kappa shape index (κ2) is 6.62. The van der Waals surface area contributed by atoms with E-state index in [9.17, 15) is 18.5 Å². The van der Waals surface area contributed by atoms with Gasteiger partial charge in [0.2, 0.25) is 0 Å². The van der Waals surface area contributed by atoms with E-state index < -0.39 is 14.8 Å². The monoisotopic (exact) mass is 328 g/mol. The number of quaternary nitrogens is 1. The molecule has 0 aromatic heterocycles. The molecule has 122 valence electrons. The summed E-state index contributed by atoms with van der Waals surface area (Å²) >= 11 is 0. The maximum Gasteiger partial charge on any atom is 0.293 e. The van der Waals surface area contributed by atoms with Gasteiger partial charge in [-0.15, -0.1) is 0 Å². The van der Waals surface area contributed by atoms with Crippen LogP contribution in [0.5, 0.6) is 0 Å². The van der Waals surface area contributed by atoms with Gasteiger partial charge in [0.05, 0.1) is 29.5 Å². The summed E-state index contributed by atoms with van der Waals surface area (Å²) in [7, 11) is -3.46. The number of nitrogens with zero attached hydrogens (tertiary/aromatic N) is 1. The Kier molecular flexibility index (Phi) is 5.02. The highest BCUT2D eigenvalue weighted by molar-refractivity contribution is 7.90. The van der Waals surface area contributed by atoms with E-state index in [0.29, 0.717) is 18.3 Å². The zero-order valence-corrected chi connectivity index (χ0v) is 13.6. The Morgan fingerprint density at radius 1 is 1.45 bits per heavy atom. The summed E-state index contributed by atoms with van der Waals surface area (Å²) < 4.78 is 23.0. The lowest BCUT2D eigenvalue weighted by atomic mass is 10.2. The Hall–Kier alpha value is -1.67. The quantitative estimate of drug-likeness (QED) is 0.585. The van der Waals surface area contributed by atoms with Crippen LogP contribution in [0.3, 0.4) is 0 Å². The first-order chi connectivity index (χ1) is 10.3. The largest absolute Gasteiger partial charge is 0.374 e. The van der Waals surface area contributed by atoms with Crippen LogP contribution in [0.15, 0.2) is 23.1 Å². The number of nitro benzene ring substituents is 1. The molecule has 2 atom stereocenters. The molecule has 1 aliphatic rings. The van der Waals surface area contributed by atoms with Crippen molar-refractivity contribution in [1.82, 2.24) is 0 Å². The smallest absolute Gasteiger partial charge is 0.293 e. The van der Waals surface area contributed by atoms with Crippen molar-refractivity contribution < 1.29 is 18.2 Å². The van der Waals surface area contributed by atoms with Gasteiger partial charge in [0.15, 0.2) is 9.84 Å². The molecule has 0 spiro atoms. The van der Waals surface area contributed by atoms with Gasteiger partial charge < -0.3 is 10.2 Å². The third-order valence-electron chi connectivity index (χ3n) is 4.21. The molecule has 2 N–H and O–H groups in total. The molecular formula is C14H22N3O4S+. The van der Waals surface area contributed by atoms with Gasteiger partial charge in [-0.1, -0.05) is 0 Å². The lowest BCUT2D eigenvalue weighted by Gasteiger charge is -2.20. The van der Waals surface area contributed by atoms with E-state index in [4.69, 9.17) is 0 Å². The Labute approximate surface area is 130 Å². The second-order valence-electron chi connectivity index (χ2n) is 5.69. The summed E-state index contributed by atoms with van der Waals surface area (Å²) in [6.07, 6.45) is 3.32. The summed E-state index contributed by atoms with van der Waals surface area (Å²) in [4.78, 5) is 12.1. The van der Waals surface area contributed by atoms with Gasteiger partial charge in [-0.2, -0.15) is 0 Å². The van der Waals surface area contributed by atoms with Gasteiger partial charge in [0.25, 0.3) is 5.69 Å². The molecule has 8 heteroatoms. The Morgan fingerprint density at radius 2 is 2.18 bits per heavy atom. The van der Waals surface area contributed by atoms with Crippen LogP contribution < -0.4 is 10.2 Å². The van der Waals surface area contributed by atoms with E-state index in [-0.39, 0.29) is 10.6 Å². The minimum atomic E-state index is -3.46. The first-order valence-corrected chi connectivity index (χ1v) is 9.29. The molecule has 1 saturated heterocycles. The number of likely N-dealkylation sites (tertiary alicyclic amines) is 1. The molecule has 7 nitrogen and oxygen atoms in total. The normalized spacial score (nSPS) is 21.7. The molecule has 1 aromatic carbocycles. The molecule has 0 amide bonds. The van der Waals surface area contributed by atoms with Gasteiger partial charge in [-0.3, -0.25) is 10.1 Å². The van der Waals surface area contributed by atoms with E-state index in [1.54, 1.807) is 0 Å². The van der Waals surface area contributed by atoms with Gasteiger partial charge in [0.1, 0.15) is 11.7 Å². The van der Waals surface area contributed by atoms with Crippen molar-refractivity contribution in [3.05, 3.63) is 28.3 Å². The first-order valence-electron chi connectivity index (χ1n) is 7.40. The molecule has 1 heterocycles. The number of benzene rings is 1. The summed E-state index contributed by atoms with van der Waals surface area (Å²) in [5.74, 6) is 0. The molecule has 1 unspecified atom stereocenters. The molecule has 1 fully saturated rings. The van der Waals surface area contributed by atoms with E-state index in [2.05, 4.69) is 12.2 Å². The maximum atomic E-state index is 11.5. The van der Waals surface area contributed by atoms with Crippen LogP contribution in [0, 0.1) is 10.1 Å². The number of hydrogen-bond acceptors (Lipinski definition) is 5. The van der Waals surface area contributed by atoms with Crippen LogP contribution in [0.1, 0.15) is 19.8 Å². The topological polar surface area (TPSA) is 93.8 Å². The standard InChI is InChI=1S/C14H21N3O4S/c1-3-16-8-4-5-11(16)10-15-13-7-6-12(22(2,20)21)9-14(13)17(18)19/h6-7,9,11,15H,3-5,8,10H2,1-2H3/p+1/t11-/m0/s1. The number of hydrogen-bond donors (Lipinski definition) is 2. The molecule has 1 aliphatic heterocycles. The van der Waals surface area contributed by atoms with Crippen LogP contribution >= 0.6 is 0 Å². The van der Waals surface area contributed by atoms with Crippen LogP contribution in [0.2, 0.25) is 0 Å². The SMILES string of the molecule is CC[NH+]1CCC[C@H]1CNc1ccc(S(C)(=O)=O)cc1[N+](=O)[O-]. The maximum absolute atomic E-state index is 11.5. The van der Waals surface area contributed by atoms with E-state index >= 15 is 0 Å². The lowest BCUT2D eigenvalue weighted by Crippen LogP contribution is -3.14. The number of anilines is 1. The van der Waals surface area contributed by atoms with Crippen molar-refractivity contribution in [1.29, 1.82) is 0 Å². The second-order valence-corrected chi connectivity index (χ2v) is 7.71. The van der Waals surface area contributed by atoms with Gasteiger partial charge in [-0.05, 0) is 19.1 Å². The van der Waals surface area contributed by atoms with Crippen LogP contribution in [0.4, 0.5) is 11.4 Å². The highest BCUT2D eigenvalue weighted by atomic mass is 32.2. The molecule has 2 rings (SSSR count). The number of rotatable bonds is 6. The predicted octanol–water partition coefficient (Wildman–Crippen LogP) is 0.477. The molecule has 0 bridgehead atoms. The van der Waals surface area contributed by atoms with Crippen molar-refractivity contribution in [3.8, 4) is 0 Å². The fourth-order valence-corrected chi connectivity index (χ4v) is 3.61. The third-order valence-corrected chi connectivity index (χ3v) is 5.33. The number of sulfone groups is 1. The minimum Gasteiger partial charge on any atom is -0.374 e. The Morgan fingerprint density at radius 3 is 2.77 bits per heavy atom. The van der Waals surface area contributed by atoms with Crippen molar-refractivity contribution in [3.63, 3.8) is 0 Å². The zero-order chi connectivity index (χ0) is 16.3. The number of likely N-dealkylation sites (N-methyl/N-ethyl adjacent to an activating group) is 1. The van der Waals surface area contributed by atoms with Crippen LogP contribution in [-0.4, -0.2) is 45.3 Å². The van der Waals surface area contributed by atoms with Gasteiger partial charge >= 0.3 is 0 Å². The van der Waals surface area contributed by atoms with Crippen molar-refractivity contribution in [2.24, 2.45) is 0 Å². The number of nitro groups is 1. The fraction of sp³-hybridized carbons (Fsp3) is 0.571. The van der Waals surface area contributed by atoms with Crippen molar-refractivity contribution in [2.45, 2.75) is 30.7 Å². The average Bonchev–Trinajstić information content (AvgIpc) is 2.91. The summed E-state index contributed by atoms with van der Waals surface area (Å²) in [5.41, 5.74) is 0.179. The third kappa shape index (κ3) is 3.75. The van der Waals surface area contributed by atoms with Gasteiger partial charge in [-0.25, -0.2) is 8.42 Å². The average molecular weight is 328 g/mol. The molecule has 0 radical (unpaired) electrons. The predicted molar refractivity (Wildman–Crippen MR) is 84.1 cm³/mol. The fourth-order valence-electron chi connectivity index (χ4n) is 2.97. The zero-order valence-electron chi connectivity index (χ0n) is 12.8. The number of nitrogens with one attached hydrogen (secondary N) is 2. The molecule has 0 aliphatic carbocycles. The summed E-state index contributed by atoms with van der Waals surface area (Å²) in [5, 5.41) is 14.3. The summed E-state index contributed by atoms with van der Waals surface area (Å²) in [6.45, 7) is 4.97. The molecule has 1 aromatic rings. The van der Waals surface area contributed by atoms with Crippen LogP contribution in [-0.2, 0) is 9.84 Å². The minimum absolute atomic E-state index is 0.0357. The Balaban J connectivity index is 2.18. The first kappa shape index (κ1) is 16.7. The highest BCUT2D eigenvalue weighted by Crippen LogP contribution is 2.27. The van der Waals surface area contributed by atoms with E-state index in [1.165, 1.54) is 23.5 Å². The summed E-state index contributed by atoms with van der Waals surface area (Å²) in [6, 6.07) is 4.45.